The van der Waals surface area contributed by atoms with E-state index in [0.29, 0.717) is 23.8 Å². The third-order valence-electron chi connectivity index (χ3n) is 4.41. The van der Waals surface area contributed by atoms with Crippen molar-refractivity contribution >= 4 is 18.2 Å². The molecule has 3 unspecified atom stereocenters. The van der Waals surface area contributed by atoms with Crippen LogP contribution in [0.1, 0.15) is 33.1 Å². The summed E-state index contributed by atoms with van der Waals surface area (Å²) in [6.45, 7) is 4.20. The van der Waals surface area contributed by atoms with E-state index in [1.807, 2.05) is 0 Å². The van der Waals surface area contributed by atoms with Crippen molar-refractivity contribution in [3.63, 3.8) is 0 Å². The minimum atomic E-state index is -1.07. The number of aldehydes is 1. The fourth-order valence-electron chi connectivity index (χ4n) is 3.25. The molecule has 1 aliphatic rings. The van der Waals surface area contributed by atoms with Gasteiger partial charge in [0.2, 0.25) is 0 Å². The van der Waals surface area contributed by atoms with Crippen molar-refractivity contribution < 1.29 is 24.2 Å². The molecule has 7 heteroatoms. The van der Waals surface area contributed by atoms with Crippen LogP contribution in [-0.2, 0) is 19.1 Å². The number of ether oxygens (including phenoxy) is 1. The van der Waals surface area contributed by atoms with Crippen molar-refractivity contribution in [2.45, 2.75) is 45.2 Å². The summed E-state index contributed by atoms with van der Waals surface area (Å²) in [6.07, 6.45) is 3.85. The van der Waals surface area contributed by atoms with Crippen molar-refractivity contribution in [3.05, 3.63) is 11.8 Å². The number of methoxy groups -OCH3 is 1. The van der Waals surface area contributed by atoms with E-state index in [2.05, 4.69) is 23.9 Å². The molecule has 4 N–H and O–H groups in total. The number of nitrogens with one attached hydrogen (secondary N) is 1. The monoisotopic (exact) mass is 326 g/mol. The molecule has 130 valence electrons. The van der Waals surface area contributed by atoms with Gasteiger partial charge in [-0.15, -0.1) is 0 Å². The molecular weight excluding hydrogens is 300 g/mol. The molecule has 0 aromatic rings. The first-order chi connectivity index (χ1) is 10.8. The highest BCUT2D eigenvalue weighted by atomic mass is 16.5. The fourth-order valence-corrected chi connectivity index (χ4v) is 3.25. The highest BCUT2D eigenvalue weighted by Crippen LogP contribution is 2.40. The largest absolute Gasteiger partial charge is 0.481 e. The standard InChI is InChI=1S/C16H26N2O5/c1-9-4-5-10(2)15(9)13(7-12(17)16(22)23-3)18-11(8-19)6-14(20)21/h7-12,15,18H,4-6,17H2,1-3H3,(H,20,21)/t9?,10?,11-,12?,15?/m1/s1. The second kappa shape index (κ2) is 8.67. The maximum atomic E-state index is 11.6. The normalized spacial score (nSPS) is 27.1. The molecule has 0 amide bonds. The Morgan fingerprint density at radius 1 is 1.35 bits per heavy atom. The number of hydrogen-bond donors (Lipinski definition) is 3. The van der Waals surface area contributed by atoms with Crippen molar-refractivity contribution in [1.82, 2.24) is 5.32 Å². The molecule has 7 nitrogen and oxygen atoms in total. The lowest BCUT2D eigenvalue weighted by molar-refractivity contribution is -0.141. The van der Waals surface area contributed by atoms with Crippen LogP contribution in [0.15, 0.2) is 11.8 Å². The third-order valence-corrected chi connectivity index (χ3v) is 4.41. The maximum Gasteiger partial charge on any atom is 0.326 e. The van der Waals surface area contributed by atoms with E-state index in [1.54, 1.807) is 6.08 Å². The Bertz CT molecular complexity index is 467. The van der Waals surface area contributed by atoms with Crippen LogP contribution in [0.2, 0.25) is 0 Å². The van der Waals surface area contributed by atoms with Crippen LogP contribution >= 0.6 is 0 Å². The summed E-state index contributed by atoms with van der Waals surface area (Å²) in [5.74, 6) is -0.847. The Balaban J connectivity index is 3.05. The predicted molar refractivity (Wildman–Crippen MR) is 84.4 cm³/mol. The van der Waals surface area contributed by atoms with Gasteiger partial charge in [-0.1, -0.05) is 13.8 Å². The lowest BCUT2D eigenvalue weighted by atomic mass is 9.87. The van der Waals surface area contributed by atoms with Crippen molar-refractivity contribution in [3.8, 4) is 0 Å². The van der Waals surface area contributed by atoms with E-state index in [-0.39, 0.29) is 12.3 Å². The Labute approximate surface area is 136 Å². The number of aliphatic carboxylic acids is 1. The van der Waals surface area contributed by atoms with E-state index in [0.717, 1.165) is 12.8 Å². The topological polar surface area (TPSA) is 119 Å². The number of carboxylic acid groups (broad SMARTS) is 1. The molecule has 4 atom stereocenters. The average Bonchev–Trinajstić information content (AvgIpc) is 2.83. The van der Waals surface area contributed by atoms with Gasteiger partial charge in [0, 0.05) is 11.6 Å². The summed E-state index contributed by atoms with van der Waals surface area (Å²) in [6, 6.07) is -1.82. The lowest BCUT2D eigenvalue weighted by Crippen LogP contribution is -2.39. The van der Waals surface area contributed by atoms with Crippen LogP contribution in [0, 0.1) is 17.8 Å². The number of rotatable bonds is 8. The zero-order chi connectivity index (χ0) is 17.6. The molecule has 0 heterocycles. The molecule has 0 aromatic carbocycles. The molecule has 0 radical (unpaired) electrons. The number of carboxylic acids is 1. The van der Waals surface area contributed by atoms with E-state index in [4.69, 9.17) is 10.8 Å². The quantitative estimate of drug-likeness (QED) is 0.443. The molecule has 1 saturated carbocycles. The van der Waals surface area contributed by atoms with Gasteiger partial charge < -0.3 is 25.7 Å². The molecule has 1 aliphatic carbocycles. The zero-order valence-corrected chi connectivity index (χ0v) is 13.8. The number of carbonyl (C=O) groups excluding carboxylic acids is 2. The van der Waals surface area contributed by atoms with E-state index in [1.165, 1.54) is 7.11 Å². The average molecular weight is 326 g/mol. The van der Waals surface area contributed by atoms with E-state index < -0.39 is 24.0 Å². The molecule has 1 rings (SSSR count). The molecule has 0 bridgehead atoms. The van der Waals surface area contributed by atoms with Crippen LogP contribution in [0.4, 0.5) is 0 Å². The van der Waals surface area contributed by atoms with Crippen molar-refractivity contribution in [2.24, 2.45) is 23.5 Å². The first-order valence-corrected chi connectivity index (χ1v) is 7.78. The summed E-state index contributed by atoms with van der Waals surface area (Å²) in [5.41, 5.74) is 6.46. The molecule has 0 aromatic heterocycles. The third kappa shape index (κ3) is 5.35. The van der Waals surface area contributed by atoms with Gasteiger partial charge in [-0.3, -0.25) is 9.59 Å². The van der Waals surface area contributed by atoms with Crippen LogP contribution in [0.5, 0.6) is 0 Å². The summed E-state index contributed by atoms with van der Waals surface area (Å²) < 4.78 is 4.63. The number of carbonyl (C=O) groups is 3. The molecule has 0 aliphatic heterocycles. The van der Waals surface area contributed by atoms with Gasteiger partial charge in [-0.25, -0.2) is 0 Å². The van der Waals surface area contributed by atoms with Gasteiger partial charge in [0.25, 0.3) is 0 Å². The minimum absolute atomic E-state index is 0.0990. The van der Waals surface area contributed by atoms with Crippen LogP contribution in [-0.4, -0.2) is 42.5 Å². The van der Waals surface area contributed by atoms with Gasteiger partial charge >= 0.3 is 11.9 Å². The zero-order valence-electron chi connectivity index (χ0n) is 13.8. The fraction of sp³-hybridized carbons (Fsp3) is 0.688. The van der Waals surface area contributed by atoms with E-state index in [9.17, 15) is 14.4 Å². The number of esters is 1. The highest BCUT2D eigenvalue weighted by Gasteiger charge is 2.34. The lowest BCUT2D eigenvalue weighted by Gasteiger charge is -2.27. The van der Waals surface area contributed by atoms with Crippen LogP contribution < -0.4 is 11.1 Å². The molecule has 1 fully saturated rings. The Morgan fingerprint density at radius 3 is 2.35 bits per heavy atom. The van der Waals surface area contributed by atoms with Crippen molar-refractivity contribution in [1.29, 1.82) is 0 Å². The SMILES string of the molecule is COC(=O)C(N)C=C(N[C@@H](C=O)CC(=O)O)C1C(C)CCC1C. The van der Waals surface area contributed by atoms with Crippen molar-refractivity contribution in [2.75, 3.05) is 7.11 Å². The van der Waals surface area contributed by atoms with Crippen LogP contribution in [0.3, 0.4) is 0 Å². The van der Waals surface area contributed by atoms with Gasteiger partial charge in [-0.05, 0) is 30.8 Å². The summed E-state index contributed by atoms with van der Waals surface area (Å²) in [4.78, 5) is 33.6. The molecule has 23 heavy (non-hydrogen) atoms. The summed E-state index contributed by atoms with van der Waals surface area (Å²) in [5, 5.41) is 11.9. The van der Waals surface area contributed by atoms with E-state index >= 15 is 0 Å². The second-order valence-electron chi connectivity index (χ2n) is 6.21. The summed E-state index contributed by atoms with van der Waals surface area (Å²) >= 11 is 0. The second-order valence-corrected chi connectivity index (χ2v) is 6.21. The van der Waals surface area contributed by atoms with Gasteiger partial charge in [0.05, 0.1) is 19.6 Å². The molecule has 0 spiro atoms. The first kappa shape index (κ1) is 19.2. The number of allylic oxidation sites excluding steroid dienone is 1. The highest BCUT2D eigenvalue weighted by molar-refractivity contribution is 5.78. The Hall–Kier alpha value is -1.89. The Morgan fingerprint density at radius 2 is 1.91 bits per heavy atom. The van der Waals surface area contributed by atoms with Gasteiger partial charge in [0.1, 0.15) is 12.3 Å². The molecule has 0 saturated heterocycles. The predicted octanol–water partition coefficient (Wildman–Crippen LogP) is 0.685. The summed E-state index contributed by atoms with van der Waals surface area (Å²) in [7, 11) is 1.25. The molecular formula is C16H26N2O5. The maximum absolute atomic E-state index is 11.6. The van der Waals surface area contributed by atoms with Gasteiger partial charge in [-0.2, -0.15) is 0 Å². The first-order valence-electron chi connectivity index (χ1n) is 7.78. The smallest absolute Gasteiger partial charge is 0.326 e. The number of hydrogen-bond acceptors (Lipinski definition) is 6. The minimum Gasteiger partial charge on any atom is -0.481 e. The van der Waals surface area contributed by atoms with Crippen LogP contribution in [0.25, 0.3) is 0 Å². The Kier molecular flexibility index (Phi) is 7.22. The van der Waals surface area contributed by atoms with Gasteiger partial charge in [0.15, 0.2) is 0 Å². The number of nitrogens with two attached hydrogens (primary N) is 1.